The fourth-order valence-corrected chi connectivity index (χ4v) is 4.71. The first-order chi connectivity index (χ1) is 13.6. The summed E-state index contributed by atoms with van der Waals surface area (Å²) in [7, 11) is 0. The molecule has 1 aromatic carbocycles. The molecule has 7 heteroatoms. The van der Waals surface area contributed by atoms with Gasteiger partial charge in [-0.05, 0) is 63.6 Å². The van der Waals surface area contributed by atoms with Crippen molar-refractivity contribution in [3.8, 4) is 5.75 Å². The molecule has 3 heterocycles. The van der Waals surface area contributed by atoms with Crippen LogP contribution in [0.5, 0.6) is 5.75 Å². The van der Waals surface area contributed by atoms with Gasteiger partial charge in [-0.15, -0.1) is 0 Å². The van der Waals surface area contributed by atoms with E-state index in [1.165, 1.54) is 12.8 Å². The van der Waals surface area contributed by atoms with Crippen molar-refractivity contribution in [2.24, 2.45) is 5.92 Å². The fraction of sp³-hybridized carbons (Fsp3) is 0.667. The highest BCUT2D eigenvalue weighted by atomic mass is 35.5. The van der Waals surface area contributed by atoms with Gasteiger partial charge in [0.1, 0.15) is 5.75 Å². The second-order valence-electron chi connectivity index (χ2n) is 8.17. The molecule has 0 aliphatic carbocycles. The van der Waals surface area contributed by atoms with Crippen LogP contribution in [0.15, 0.2) is 6.07 Å². The molecule has 3 aliphatic heterocycles. The zero-order valence-electron chi connectivity index (χ0n) is 16.3. The molecule has 0 radical (unpaired) electrons. The van der Waals surface area contributed by atoms with E-state index >= 15 is 0 Å². The number of fused-ring (bicyclic) bond motifs is 1. The summed E-state index contributed by atoms with van der Waals surface area (Å²) in [5, 5.41) is 3.52. The molecule has 0 aromatic heterocycles. The standard InChI is InChI=1S/C21H30ClN3O3/c22-18-11-17(20-16(19(18)23)4-2-10-28-20)21(26)24-12-14-5-7-25(8-6-14)13-15-3-1-9-27-15/h11,14-15H,1-10,12-13,23H2,(H,24,26). The Morgan fingerprint density at radius 3 is 2.82 bits per heavy atom. The van der Waals surface area contributed by atoms with Gasteiger partial charge < -0.3 is 25.4 Å². The lowest BCUT2D eigenvalue weighted by Gasteiger charge is -2.33. The zero-order valence-corrected chi connectivity index (χ0v) is 17.1. The number of hydrogen-bond donors (Lipinski definition) is 2. The molecule has 6 nitrogen and oxygen atoms in total. The monoisotopic (exact) mass is 407 g/mol. The van der Waals surface area contributed by atoms with E-state index in [9.17, 15) is 4.79 Å². The number of nitrogens with zero attached hydrogens (tertiary/aromatic N) is 1. The second kappa shape index (κ2) is 8.89. The van der Waals surface area contributed by atoms with Crippen LogP contribution in [0.2, 0.25) is 5.02 Å². The van der Waals surface area contributed by atoms with Crippen molar-refractivity contribution in [3.05, 3.63) is 22.2 Å². The Morgan fingerprint density at radius 2 is 2.07 bits per heavy atom. The van der Waals surface area contributed by atoms with Gasteiger partial charge in [0, 0.05) is 25.3 Å². The summed E-state index contributed by atoms with van der Waals surface area (Å²) < 4.78 is 11.5. The van der Waals surface area contributed by atoms with E-state index in [2.05, 4.69) is 10.2 Å². The Kier molecular flexibility index (Phi) is 6.28. The normalized spacial score (nSPS) is 23.2. The summed E-state index contributed by atoms with van der Waals surface area (Å²) in [4.78, 5) is 15.3. The van der Waals surface area contributed by atoms with E-state index in [0.717, 1.165) is 57.5 Å². The van der Waals surface area contributed by atoms with Crippen LogP contribution >= 0.6 is 11.6 Å². The molecule has 1 aromatic rings. The number of carbonyl (C=O) groups excluding carboxylic acids is 1. The van der Waals surface area contributed by atoms with Crippen LogP contribution in [0.3, 0.4) is 0 Å². The lowest BCUT2D eigenvalue weighted by atomic mass is 9.96. The number of piperidine rings is 1. The summed E-state index contributed by atoms with van der Waals surface area (Å²) >= 11 is 6.25. The number of likely N-dealkylation sites (tertiary alicyclic amines) is 1. The summed E-state index contributed by atoms with van der Waals surface area (Å²) in [6.07, 6.45) is 6.68. The topological polar surface area (TPSA) is 76.8 Å². The van der Waals surface area contributed by atoms with Gasteiger partial charge in [-0.2, -0.15) is 0 Å². The number of halogens is 1. The number of nitrogen functional groups attached to an aromatic ring is 1. The highest BCUT2D eigenvalue weighted by Crippen LogP contribution is 2.38. The minimum absolute atomic E-state index is 0.123. The predicted molar refractivity (Wildman–Crippen MR) is 110 cm³/mol. The molecular formula is C21H30ClN3O3. The van der Waals surface area contributed by atoms with Crippen LogP contribution < -0.4 is 15.8 Å². The molecular weight excluding hydrogens is 378 g/mol. The average Bonchev–Trinajstić information content (AvgIpc) is 3.23. The van der Waals surface area contributed by atoms with E-state index in [1.54, 1.807) is 6.07 Å². The lowest BCUT2D eigenvalue weighted by Crippen LogP contribution is -2.41. The molecule has 28 heavy (non-hydrogen) atoms. The number of rotatable bonds is 5. The van der Waals surface area contributed by atoms with E-state index in [0.29, 0.717) is 47.2 Å². The molecule has 1 amide bonds. The minimum atomic E-state index is -0.123. The number of nitrogens with two attached hydrogens (primary N) is 1. The number of hydrogen-bond acceptors (Lipinski definition) is 5. The van der Waals surface area contributed by atoms with Crippen molar-refractivity contribution >= 4 is 23.2 Å². The first-order valence-corrected chi connectivity index (χ1v) is 10.9. The van der Waals surface area contributed by atoms with Gasteiger partial charge in [0.25, 0.3) is 5.91 Å². The highest BCUT2D eigenvalue weighted by Gasteiger charge is 2.26. The maximum Gasteiger partial charge on any atom is 0.255 e. The fourth-order valence-electron chi connectivity index (χ4n) is 4.49. The van der Waals surface area contributed by atoms with Crippen LogP contribution in [0, 0.1) is 5.92 Å². The van der Waals surface area contributed by atoms with Gasteiger partial charge in [0.15, 0.2) is 0 Å². The van der Waals surface area contributed by atoms with Gasteiger partial charge in [-0.1, -0.05) is 11.6 Å². The third-order valence-electron chi connectivity index (χ3n) is 6.18. The van der Waals surface area contributed by atoms with Crippen LogP contribution in [-0.4, -0.2) is 56.3 Å². The first-order valence-electron chi connectivity index (χ1n) is 10.5. The van der Waals surface area contributed by atoms with Crippen molar-refractivity contribution in [1.29, 1.82) is 0 Å². The number of ether oxygens (including phenoxy) is 2. The Bertz CT molecular complexity index is 713. The molecule has 0 bridgehead atoms. The van der Waals surface area contributed by atoms with Crippen molar-refractivity contribution in [1.82, 2.24) is 10.2 Å². The molecule has 2 fully saturated rings. The van der Waals surface area contributed by atoms with Crippen LogP contribution in [-0.2, 0) is 11.2 Å². The predicted octanol–water partition coefficient (Wildman–Crippen LogP) is 2.87. The van der Waals surface area contributed by atoms with Crippen LogP contribution in [0.25, 0.3) is 0 Å². The Hall–Kier alpha value is -1.50. The van der Waals surface area contributed by atoms with E-state index in [1.807, 2.05) is 0 Å². The third-order valence-corrected chi connectivity index (χ3v) is 6.49. The Labute approximate surface area is 171 Å². The minimum Gasteiger partial charge on any atom is -0.492 e. The van der Waals surface area contributed by atoms with Crippen molar-refractivity contribution in [2.75, 3.05) is 45.1 Å². The van der Waals surface area contributed by atoms with Crippen molar-refractivity contribution < 1.29 is 14.3 Å². The maximum absolute atomic E-state index is 12.8. The Balaban J connectivity index is 1.30. The van der Waals surface area contributed by atoms with Crippen molar-refractivity contribution in [3.63, 3.8) is 0 Å². The smallest absolute Gasteiger partial charge is 0.255 e. The van der Waals surface area contributed by atoms with Gasteiger partial charge in [-0.25, -0.2) is 0 Å². The van der Waals surface area contributed by atoms with E-state index < -0.39 is 0 Å². The molecule has 1 atom stereocenters. The first kappa shape index (κ1) is 19.8. The van der Waals surface area contributed by atoms with Crippen LogP contribution in [0.1, 0.15) is 48.0 Å². The average molecular weight is 408 g/mol. The molecule has 4 rings (SSSR count). The summed E-state index contributed by atoms with van der Waals surface area (Å²) in [6.45, 7) is 5.41. The van der Waals surface area contributed by atoms with E-state index in [4.69, 9.17) is 26.8 Å². The van der Waals surface area contributed by atoms with Crippen molar-refractivity contribution in [2.45, 2.75) is 44.6 Å². The lowest BCUT2D eigenvalue weighted by molar-refractivity contribution is 0.0595. The second-order valence-corrected chi connectivity index (χ2v) is 8.58. The molecule has 0 saturated carbocycles. The van der Waals surface area contributed by atoms with Gasteiger partial charge >= 0.3 is 0 Å². The molecule has 154 valence electrons. The van der Waals surface area contributed by atoms with E-state index in [-0.39, 0.29) is 5.91 Å². The molecule has 0 spiro atoms. The summed E-state index contributed by atoms with van der Waals surface area (Å²) in [5.41, 5.74) is 7.98. The van der Waals surface area contributed by atoms with Gasteiger partial charge in [0.2, 0.25) is 0 Å². The quantitative estimate of drug-likeness (QED) is 0.734. The SMILES string of the molecule is Nc1c(Cl)cc(C(=O)NCC2CCN(CC3CCCO3)CC2)c2c1CCCO2. The number of benzene rings is 1. The molecule has 1 unspecified atom stereocenters. The molecule has 3 aliphatic rings. The molecule has 3 N–H and O–H groups in total. The number of carbonyl (C=O) groups is 1. The zero-order chi connectivity index (χ0) is 19.5. The maximum atomic E-state index is 12.8. The highest BCUT2D eigenvalue weighted by molar-refractivity contribution is 6.33. The summed E-state index contributed by atoms with van der Waals surface area (Å²) in [6, 6.07) is 1.64. The van der Waals surface area contributed by atoms with Crippen LogP contribution in [0.4, 0.5) is 5.69 Å². The largest absolute Gasteiger partial charge is 0.492 e. The molecule has 2 saturated heterocycles. The van der Waals surface area contributed by atoms with Gasteiger partial charge in [-0.3, -0.25) is 4.79 Å². The number of amides is 1. The number of nitrogens with one attached hydrogen (secondary N) is 1. The van der Waals surface area contributed by atoms with Gasteiger partial charge in [0.05, 0.1) is 29.0 Å². The third kappa shape index (κ3) is 4.39. The Morgan fingerprint density at radius 1 is 1.25 bits per heavy atom. The summed E-state index contributed by atoms with van der Waals surface area (Å²) in [5.74, 6) is 0.990. The number of anilines is 1.